The van der Waals surface area contributed by atoms with Crippen molar-refractivity contribution in [2.24, 2.45) is 0 Å². The number of fused-ring (bicyclic) bond motifs is 1. The number of hydrogen-bond donors (Lipinski definition) is 0. The van der Waals surface area contributed by atoms with Crippen LogP contribution in [0.1, 0.15) is 16.1 Å². The standard InChI is InChI=1S/C13H11N3O2S/c1-8-5-9(3-4-11(8)18-2)12-10(6-17)16-13(15-12)19-7-14-16/h3-7H,1-2H3. The smallest absolute Gasteiger partial charge is 0.213 e. The lowest BCUT2D eigenvalue weighted by molar-refractivity contribution is 0.111. The molecule has 5 nitrogen and oxygen atoms in total. The Labute approximate surface area is 113 Å². The minimum absolute atomic E-state index is 0.473. The van der Waals surface area contributed by atoms with Crippen LogP contribution in [0.2, 0.25) is 0 Å². The van der Waals surface area contributed by atoms with Gasteiger partial charge in [-0.1, -0.05) is 11.3 Å². The molecule has 0 bridgehead atoms. The Kier molecular flexibility index (Phi) is 2.79. The Morgan fingerprint density at radius 2 is 2.26 bits per heavy atom. The molecule has 0 fully saturated rings. The lowest BCUT2D eigenvalue weighted by Gasteiger charge is -2.06. The number of aldehydes is 1. The van der Waals surface area contributed by atoms with E-state index >= 15 is 0 Å². The summed E-state index contributed by atoms with van der Waals surface area (Å²) >= 11 is 1.40. The molecule has 0 unspecified atom stereocenters. The molecule has 0 amide bonds. The summed E-state index contributed by atoms with van der Waals surface area (Å²) in [6, 6.07) is 5.73. The zero-order chi connectivity index (χ0) is 13.4. The molecule has 3 aromatic rings. The maximum absolute atomic E-state index is 11.3. The number of carbonyl (C=O) groups is 1. The number of imidazole rings is 1. The van der Waals surface area contributed by atoms with Crippen LogP contribution in [0.3, 0.4) is 0 Å². The van der Waals surface area contributed by atoms with E-state index in [2.05, 4.69) is 10.1 Å². The number of methoxy groups -OCH3 is 1. The van der Waals surface area contributed by atoms with Gasteiger partial charge in [0.1, 0.15) is 22.6 Å². The van der Waals surface area contributed by atoms with Crippen molar-refractivity contribution in [3.8, 4) is 17.0 Å². The van der Waals surface area contributed by atoms with Crippen LogP contribution in [-0.2, 0) is 0 Å². The van der Waals surface area contributed by atoms with E-state index in [4.69, 9.17) is 4.74 Å². The van der Waals surface area contributed by atoms with E-state index < -0.39 is 0 Å². The monoisotopic (exact) mass is 273 g/mol. The number of hydrogen-bond acceptors (Lipinski definition) is 5. The van der Waals surface area contributed by atoms with Gasteiger partial charge in [0.15, 0.2) is 6.29 Å². The molecule has 0 aliphatic heterocycles. The molecule has 0 spiro atoms. The fourth-order valence-corrected chi connectivity index (χ4v) is 2.68. The third-order valence-electron chi connectivity index (χ3n) is 2.96. The number of aryl methyl sites for hydroxylation is 1. The quantitative estimate of drug-likeness (QED) is 0.688. The average Bonchev–Trinajstić information content (AvgIpc) is 2.98. The number of carbonyl (C=O) groups excluding carboxylic acids is 1. The third-order valence-corrected chi connectivity index (χ3v) is 3.63. The Balaban J connectivity index is 2.20. The molecule has 19 heavy (non-hydrogen) atoms. The predicted octanol–water partition coefficient (Wildman–Crippen LogP) is 2.59. The second-order valence-electron chi connectivity index (χ2n) is 4.08. The summed E-state index contributed by atoms with van der Waals surface area (Å²) in [4.78, 5) is 16.4. The van der Waals surface area contributed by atoms with Crippen LogP contribution in [0, 0.1) is 6.92 Å². The first-order chi connectivity index (χ1) is 9.24. The van der Waals surface area contributed by atoms with Gasteiger partial charge in [0.2, 0.25) is 4.96 Å². The van der Waals surface area contributed by atoms with E-state index in [1.54, 1.807) is 17.1 Å². The lowest BCUT2D eigenvalue weighted by atomic mass is 10.1. The Morgan fingerprint density at radius 3 is 2.95 bits per heavy atom. The van der Waals surface area contributed by atoms with E-state index in [9.17, 15) is 4.79 Å². The Hall–Kier alpha value is -2.21. The number of nitrogens with zero attached hydrogens (tertiary/aromatic N) is 3. The molecule has 96 valence electrons. The molecule has 0 atom stereocenters. The van der Waals surface area contributed by atoms with Crippen molar-refractivity contribution in [2.45, 2.75) is 6.92 Å². The van der Waals surface area contributed by atoms with Crippen LogP contribution < -0.4 is 4.74 Å². The molecule has 0 N–H and O–H groups in total. The van der Waals surface area contributed by atoms with E-state index in [0.717, 1.165) is 23.2 Å². The first-order valence-electron chi connectivity index (χ1n) is 5.67. The van der Waals surface area contributed by atoms with Gasteiger partial charge in [0, 0.05) is 5.56 Å². The zero-order valence-electron chi connectivity index (χ0n) is 10.5. The molecule has 0 radical (unpaired) electrons. The summed E-state index contributed by atoms with van der Waals surface area (Å²) in [5, 5.41) is 4.11. The van der Waals surface area contributed by atoms with E-state index in [-0.39, 0.29) is 0 Å². The third kappa shape index (κ3) is 1.80. The maximum Gasteiger partial charge on any atom is 0.213 e. The first kappa shape index (κ1) is 11.9. The summed E-state index contributed by atoms with van der Waals surface area (Å²) in [6.07, 6.45) is 0.786. The molecule has 6 heteroatoms. The minimum Gasteiger partial charge on any atom is -0.496 e. The van der Waals surface area contributed by atoms with Crippen LogP contribution in [0.5, 0.6) is 5.75 Å². The van der Waals surface area contributed by atoms with E-state index in [0.29, 0.717) is 16.3 Å². The molecule has 1 aromatic carbocycles. The van der Waals surface area contributed by atoms with Crippen LogP contribution in [0.4, 0.5) is 0 Å². The maximum atomic E-state index is 11.3. The highest BCUT2D eigenvalue weighted by atomic mass is 32.1. The molecule has 0 aliphatic rings. The fraction of sp³-hybridized carbons (Fsp3) is 0.154. The highest BCUT2D eigenvalue weighted by molar-refractivity contribution is 7.14. The van der Waals surface area contributed by atoms with Crippen molar-refractivity contribution in [3.63, 3.8) is 0 Å². The molecule has 0 aliphatic carbocycles. The van der Waals surface area contributed by atoms with E-state index in [1.807, 2.05) is 25.1 Å². The highest BCUT2D eigenvalue weighted by Crippen LogP contribution is 2.28. The topological polar surface area (TPSA) is 56.5 Å². The normalized spacial score (nSPS) is 10.8. The molecule has 0 saturated heterocycles. The van der Waals surface area contributed by atoms with Gasteiger partial charge >= 0.3 is 0 Å². The number of aromatic nitrogens is 3. The van der Waals surface area contributed by atoms with Gasteiger partial charge in [-0.25, -0.2) is 4.98 Å². The Morgan fingerprint density at radius 1 is 1.42 bits per heavy atom. The molecule has 2 aromatic heterocycles. The predicted molar refractivity (Wildman–Crippen MR) is 73.0 cm³/mol. The molecule has 2 heterocycles. The average molecular weight is 273 g/mol. The van der Waals surface area contributed by atoms with Crippen LogP contribution in [0.15, 0.2) is 23.7 Å². The number of ether oxygens (including phenoxy) is 1. The SMILES string of the molecule is COc1ccc(-c2nc3scnn3c2C=O)cc1C. The van der Waals surface area contributed by atoms with Gasteiger partial charge in [-0.05, 0) is 30.7 Å². The van der Waals surface area contributed by atoms with Gasteiger partial charge in [0.25, 0.3) is 0 Å². The lowest BCUT2D eigenvalue weighted by Crippen LogP contribution is -1.94. The summed E-state index contributed by atoms with van der Waals surface area (Å²) in [5.41, 5.74) is 4.68. The first-order valence-corrected chi connectivity index (χ1v) is 6.55. The zero-order valence-corrected chi connectivity index (χ0v) is 11.3. The van der Waals surface area contributed by atoms with Gasteiger partial charge in [-0.3, -0.25) is 4.79 Å². The van der Waals surface area contributed by atoms with Crippen molar-refractivity contribution in [3.05, 3.63) is 35.0 Å². The summed E-state index contributed by atoms with van der Waals surface area (Å²) in [7, 11) is 1.63. The van der Waals surface area contributed by atoms with E-state index in [1.165, 1.54) is 11.3 Å². The molecule has 3 rings (SSSR count). The molecular weight excluding hydrogens is 262 g/mol. The van der Waals surface area contributed by atoms with Gasteiger partial charge in [-0.2, -0.15) is 9.61 Å². The molecule has 0 saturated carbocycles. The Bertz CT molecular complexity index is 760. The van der Waals surface area contributed by atoms with Crippen molar-refractivity contribution in [1.29, 1.82) is 0 Å². The highest BCUT2D eigenvalue weighted by Gasteiger charge is 2.15. The van der Waals surface area contributed by atoms with Gasteiger partial charge < -0.3 is 4.74 Å². The second kappa shape index (κ2) is 4.47. The largest absolute Gasteiger partial charge is 0.496 e. The van der Waals surface area contributed by atoms with Crippen LogP contribution in [0.25, 0.3) is 16.2 Å². The summed E-state index contributed by atoms with van der Waals surface area (Å²) in [5.74, 6) is 0.815. The summed E-state index contributed by atoms with van der Waals surface area (Å²) < 4.78 is 6.79. The van der Waals surface area contributed by atoms with Crippen LogP contribution >= 0.6 is 11.3 Å². The van der Waals surface area contributed by atoms with Crippen molar-refractivity contribution in [2.75, 3.05) is 7.11 Å². The second-order valence-corrected chi connectivity index (χ2v) is 4.89. The van der Waals surface area contributed by atoms with Gasteiger partial charge in [-0.15, -0.1) is 0 Å². The number of rotatable bonds is 3. The summed E-state index contributed by atoms with van der Waals surface area (Å²) in [6.45, 7) is 1.96. The van der Waals surface area contributed by atoms with Gasteiger partial charge in [0.05, 0.1) is 7.11 Å². The van der Waals surface area contributed by atoms with Crippen molar-refractivity contribution < 1.29 is 9.53 Å². The fourth-order valence-electron chi connectivity index (χ4n) is 2.05. The van der Waals surface area contributed by atoms with Crippen LogP contribution in [-0.4, -0.2) is 28.0 Å². The van der Waals surface area contributed by atoms with Crippen molar-refractivity contribution in [1.82, 2.24) is 14.6 Å². The van der Waals surface area contributed by atoms with Crippen molar-refractivity contribution >= 4 is 22.6 Å². The number of benzene rings is 1. The minimum atomic E-state index is 0.473. The molecular formula is C13H11N3O2S.